The highest BCUT2D eigenvalue weighted by molar-refractivity contribution is 5.59. The van der Waals surface area contributed by atoms with Crippen LogP contribution in [-0.4, -0.2) is 13.4 Å². The maximum atomic E-state index is 10.5. The highest BCUT2D eigenvalue weighted by Crippen LogP contribution is 2.14. The maximum absolute atomic E-state index is 10.5. The van der Waals surface area contributed by atoms with Crippen molar-refractivity contribution in [2.75, 3.05) is 7.11 Å². The van der Waals surface area contributed by atoms with Crippen molar-refractivity contribution < 1.29 is 9.53 Å². The first-order chi connectivity index (χ1) is 5.77. The second kappa shape index (κ2) is 4.02. The summed E-state index contributed by atoms with van der Waals surface area (Å²) in [4.78, 5) is 10.5. The summed E-state index contributed by atoms with van der Waals surface area (Å²) in [6, 6.07) is 7.73. The molecule has 0 spiro atoms. The van der Waals surface area contributed by atoms with Crippen LogP contribution < -0.4 is 0 Å². The van der Waals surface area contributed by atoms with Gasteiger partial charge in [0.25, 0.3) is 0 Å². The molecule has 64 valence electrons. The highest BCUT2D eigenvalue weighted by Gasteiger charge is 2.06. The van der Waals surface area contributed by atoms with Crippen LogP contribution >= 0.6 is 0 Å². The highest BCUT2D eigenvalue weighted by atomic mass is 16.5. The second-order valence-corrected chi connectivity index (χ2v) is 2.70. The predicted molar refractivity (Wildman–Crippen MR) is 47.0 cm³/mol. The van der Waals surface area contributed by atoms with E-state index < -0.39 is 6.10 Å². The smallest absolute Gasteiger partial charge is 0.153 e. The van der Waals surface area contributed by atoms with Gasteiger partial charge in [-0.25, -0.2) is 0 Å². The Labute approximate surface area is 72.2 Å². The molecule has 0 N–H and O–H groups in total. The zero-order valence-corrected chi connectivity index (χ0v) is 7.28. The van der Waals surface area contributed by atoms with E-state index >= 15 is 0 Å². The summed E-state index contributed by atoms with van der Waals surface area (Å²) in [5.74, 6) is 0. The van der Waals surface area contributed by atoms with Gasteiger partial charge >= 0.3 is 0 Å². The summed E-state index contributed by atoms with van der Waals surface area (Å²) in [5, 5.41) is 0. The minimum absolute atomic E-state index is 0.425. The molecule has 0 saturated carbocycles. The van der Waals surface area contributed by atoms with Gasteiger partial charge in [-0.15, -0.1) is 0 Å². The van der Waals surface area contributed by atoms with E-state index in [0.717, 1.165) is 11.8 Å². The summed E-state index contributed by atoms with van der Waals surface area (Å²) in [6.45, 7) is 2.01. The number of methoxy groups -OCH3 is 1. The molecule has 1 aromatic carbocycles. The quantitative estimate of drug-likeness (QED) is 0.637. The molecule has 0 fully saturated rings. The summed E-state index contributed by atoms with van der Waals surface area (Å²) < 4.78 is 4.96. The van der Waals surface area contributed by atoms with Crippen molar-refractivity contribution in [2.45, 2.75) is 13.0 Å². The second-order valence-electron chi connectivity index (χ2n) is 2.70. The predicted octanol–water partition coefficient (Wildman–Crippen LogP) is 1.88. The molecule has 0 heterocycles. The summed E-state index contributed by atoms with van der Waals surface area (Å²) in [5.41, 5.74) is 2.08. The van der Waals surface area contributed by atoms with Gasteiger partial charge < -0.3 is 9.53 Å². The maximum Gasteiger partial charge on any atom is 0.153 e. The average Bonchev–Trinajstić information content (AvgIpc) is 2.10. The number of ether oxygens (including phenoxy) is 1. The summed E-state index contributed by atoms with van der Waals surface area (Å²) >= 11 is 0. The number of carbonyl (C=O) groups excluding carboxylic acids is 1. The minimum atomic E-state index is -0.425. The largest absolute Gasteiger partial charge is 0.369 e. The molecule has 12 heavy (non-hydrogen) atoms. The molecular weight excluding hydrogens is 152 g/mol. The molecule has 1 atom stereocenters. The molecular formula is C10H12O2. The first-order valence-corrected chi connectivity index (χ1v) is 3.82. The first-order valence-electron chi connectivity index (χ1n) is 3.82. The van der Waals surface area contributed by atoms with Gasteiger partial charge in [0.1, 0.15) is 6.10 Å². The van der Waals surface area contributed by atoms with Crippen LogP contribution in [0.25, 0.3) is 0 Å². The summed E-state index contributed by atoms with van der Waals surface area (Å²) in [6.07, 6.45) is 0.371. The van der Waals surface area contributed by atoms with Crippen molar-refractivity contribution in [3.63, 3.8) is 0 Å². The van der Waals surface area contributed by atoms with Crippen LogP contribution in [0.1, 0.15) is 17.2 Å². The van der Waals surface area contributed by atoms with E-state index in [1.165, 1.54) is 12.7 Å². The molecule has 0 aliphatic carbocycles. The van der Waals surface area contributed by atoms with Crippen molar-refractivity contribution in [2.24, 2.45) is 0 Å². The van der Waals surface area contributed by atoms with E-state index in [9.17, 15) is 4.79 Å². The monoisotopic (exact) mass is 164 g/mol. The van der Waals surface area contributed by atoms with Gasteiger partial charge in [0.15, 0.2) is 6.29 Å². The number of benzene rings is 1. The normalized spacial score (nSPS) is 12.5. The molecule has 2 nitrogen and oxygen atoms in total. The van der Waals surface area contributed by atoms with Crippen molar-refractivity contribution in [1.29, 1.82) is 0 Å². The lowest BCUT2D eigenvalue weighted by Crippen LogP contribution is -2.01. The Bertz CT molecular complexity index is 251. The fourth-order valence-electron chi connectivity index (χ4n) is 1.03. The van der Waals surface area contributed by atoms with Crippen LogP contribution in [-0.2, 0) is 9.53 Å². The van der Waals surface area contributed by atoms with Crippen molar-refractivity contribution in [3.05, 3.63) is 35.4 Å². The van der Waals surface area contributed by atoms with Crippen LogP contribution in [0.3, 0.4) is 0 Å². The topological polar surface area (TPSA) is 26.3 Å². The number of hydrogen-bond acceptors (Lipinski definition) is 2. The fraction of sp³-hybridized carbons (Fsp3) is 0.300. The number of aldehydes is 1. The van der Waals surface area contributed by atoms with E-state index in [1.54, 1.807) is 0 Å². The third kappa shape index (κ3) is 1.92. The fourth-order valence-corrected chi connectivity index (χ4v) is 1.03. The van der Waals surface area contributed by atoms with E-state index in [0.29, 0.717) is 0 Å². The lowest BCUT2D eigenvalue weighted by atomic mass is 10.1. The minimum Gasteiger partial charge on any atom is -0.369 e. The summed E-state index contributed by atoms with van der Waals surface area (Å²) in [7, 11) is 1.53. The standard InChI is InChI=1S/C10H12O2/c1-8-3-5-9(6-4-8)10(7-11)12-2/h3-7,10H,1-2H3/t10-/m0/s1. The molecule has 0 unspecified atom stereocenters. The lowest BCUT2D eigenvalue weighted by molar-refractivity contribution is -0.116. The average molecular weight is 164 g/mol. The third-order valence-corrected chi connectivity index (χ3v) is 1.78. The van der Waals surface area contributed by atoms with Gasteiger partial charge in [0.2, 0.25) is 0 Å². The van der Waals surface area contributed by atoms with Crippen molar-refractivity contribution in [1.82, 2.24) is 0 Å². The number of carbonyl (C=O) groups is 1. The van der Waals surface area contributed by atoms with Crippen LogP contribution in [0.5, 0.6) is 0 Å². The first kappa shape index (κ1) is 8.94. The van der Waals surface area contributed by atoms with Gasteiger partial charge in [0.05, 0.1) is 0 Å². The molecule has 2 heteroatoms. The van der Waals surface area contributed by atoms with Crippen LogP contribution in [0.4, 0.5) is 0 Å². The van der Waals surface area contributed by atoms with Crippen LogP contribution in [0.15, 0.2) is 24.3 Å². The third-order valence-electron chi connectivity index (χ3n) is 1.78. The molecule has 1 aromatic rings. The van der Waals surface area contributed by atoms with Crippen molar-refractivity contribution in [3.8, 4) is 0 Å². The Hall–Kier alpha value is -1.15. The Morgan fingerprint density at radius 3 is 2.33 bits per heavy atom. The zero-order valence-electron chi connectivity index (χ0n) is 7.28. The van der Waals surface area contributed by atoms with Crippen LogP contribution in [0, 0.1) is 6.92 Å². The van der Waals surface area contributed by atoms with Gasteiger partial charge in [-0.1, -0.05) is 29.8 Å². The van der Waals surface area contributed by atoms with Crippen molar-refractivity contribution >= 4 is 6.29 Å². The molecule has 0 aromatic heterocycles. The van der Waals surface area contributed by atoms with E-state index in [-0.39, 0.29) is 0 Å². The Morgan fingerprint density at radius 1 is 1.33 bits per heavy atom. The Morgan fingerprint density at radius 2 is 1.92 bits per heavy atom. The van der Waals surface area contributed by atoms with E-state index in [4.69, 9.17) is 4.74 Å². The number of aryl methyl sites for hydroxylation is 1. The lowest BCUT2D eigenvalue weighted by Gasteiger charge is -2.07. The van der Waals surface area contributed by atoms with Gasteiger partial charge in [-0.05, 0) is 12.5 Å². The van der Waals surface area contributed by atoms with Gasteiger partial charge in [-0.3, -0.25) is 0 Å². The Balaban J connectivity index is 2.87. The van der Waals surface area contributed by atoms with Gasteiger partial charge in [-0.2, -0.15) is 0 Å². The molecule has 0 aliphatic rings. The Kier molecular flexibility index (Phi) is 3.00. The number of hydrogen-bond donors (Lipinski definition) is 0. The molecule has 0 aliphatic heterocycles. The molecule has 1 rings (SSSR count). The molecule has 0 amide bonds. The SMILES string of the molecule is CO[C@@H](C=O)c1ccc(C)cc1. The van der Waals surface area contributed by atoms with E-state index in [1.807, 2.05) is 31.2 Å². The zero-order chi connectivity index (χ0) is 8.97. The van der Waals surface area contributed by atoms with E-state index in [2.05, 4.69) is 0 Å². The molecule has 0 saturated heterocycles. The van der Waals surface area contributed by atoms with Gasteiger partial charge in [0, 0.05) is 7.11 Å². The molecule has 0 radical (unpaired) electrons. The van der Waals surface area contributed by atoms with Crippen LogP contribution in [0.2, 0.25) is 0 Å². The number of rotatable bonds is 3. The molecule has 0 bridgehead atoms.